The molecule has 2 aromatic rings. The van der Waals surface area contributed by atoms with E-state index >= 15 is 0 Å². The monoisotopic (exact) mass is 368 g/mol. The van der Waals surface area contributed by atoms with E-state index in [1.807, 2.05) is 40.3 Å². The fraction of sp³-hybridized carbons (Fsp3) is 0.524. The van der Waals surface area contributed by atoms with Gasteiger partial charge in [-0.3, -0.25) is 14.5 Å². The number of fused-ring (bicyclic) bond motifs is 1. The van der Waals surface area contributed by atoms with Gasteiger partial charge in [-0.25, -0.2) is 0 Å². The first-order valence-corrected chi connectivity index (χ1v) is 10.00. The Morgan fingerprint density at radius 2 is 1.89 bits per heavy atom. The summed E-state index contributed by atoms with van der Waals surface area (Å²) >= 11 is 0. The summed E-state index contributed by atoms with van der Waals surface area (Å²) in [4.78, 5) is 34.7. The fourth-order valence-corrected chi connectivity index (χ4v) is 4.22. The minimum absolute atomic E-state index is 0.0714. The van der Waals surface area contributed by atoms with Gasteiger partial charge in [-0.1, -0.05) is 6.07 Å². The summed E-state index contributed by atoms with van der Waals surface area (Å²) in [6, 6.07) is 8.16. The molecule has 1 atom stereocenters. The number of aromatic nitrogens is 1. The predicted octanol–water partition coefficient (Wildman–Crippen LogP) is 2.33. The number of aromatic amines is 1. The molecule has 0 saturated carbocycles. The Kier molecular flexibility index (Phi) is 5.16. The molecule has 1 N–H and O–H groups in total. The highest BCUT2D eigenvalue weighted by atomic mass is 16.2. The van der Waals surface area contributed by atoms with Crippen molar-refractivity contribution in [2.45, 2.75) is 32.2 Å². The van der Waals surface area contributed by atoms with Gasteiger partial charge in [0.05, 0.1) is 6.54 Å². The molecular weight excluding hydrogens is 340 g/mol. The van der Waals surface area contributed by atoms with Gasteiger partial charge >= 0.3 is 0 Å². The molecule has 4 rings (SSSR count). The van der Waals surface area contributed by atoms with Crippen LogP contribution in [0.5, 0.6) is 0 Å². The Morgan fingerprint density at radius 3 is 2.67 bits per heavy atom. The van der Waals surface area contributed by atoms with E-state index in [2.05, 4.69) is 16.8 Å². The fourth-order valence-electron chi connectivity index (χ4n) is 4.22. The number of likely N-dealkylation sites (tertiary alicyclic amines) is 1. The van der Waals surface area contributed by atoms with Crippen LogP contribution < -0.4 is 0 Å². The van der Waals surface area contributed by atoms with E-state index in [1.54, 1.807) is 0 Å². The number of benzene rings is 1. The number of nitrogens with zero attached hydrogens (tertiary/aromatic N) is 3. The van der Waals surface area contributed by atoms with Gasteiger partial charge in [-0.05, 0) is 49.8 Å². The molecule has 2 amide bonds. The quantitative estimate of drug-likeness (QED) is 0.905. The number of carbonyl (C=O) groups excluding carboxylic acids is 2. The maximum Gasteiger partial charge on any atom is 0.254 e. The van der Waals surface area contributed by atoms with Crippen molar-refractivity contribution >= 4 is 22.7 Å². The van der Waals surface area contributed by atoms with Crippen molar-refractivity contribution in [1.29, 1.82) is 0 Å². The number of nitrogens with one attached hydrogen (secondary N) is 1. The third-order valence-electron chi connectivity index (χ3n) is 5.94. The molecule has 144 valence electrons. The van der Waals surface area contributed by atoms with Gasteiger partial charge in [0.1, 0.15) is 0 Å². The topological polar surface area (TPSA) is 59.7 Å². The van der Waals surface area contributed by atoms with E-state index < -0.39 is 0 Å². The molecule has 0 radical (unpaired) electrons. The zero-order valence-corrected chi connectivity index (χ0v) is 16.0. The van der Waals surface area contributed by atoms with Crippen LogP contribution in [-0.4, -0.2) is 76.8 Å². The minimum atomic E-state index is 0.0714. The van der Waals surface area contributed by atoms with Crippen molar-refractivity contribution in [1.82, 2.24) is 19.7 Å². The van der Waals surface area contributed by atoms with Gasteiger partial charge < -0.3 is 14.8 Å². The van der Waals surface area contributed by atoms with E-state index in [1.165, 1.54) is 6.42 Å². The number of rotatable bonds is 3. The van der Waals surface area contributed by atoms with E-state index in [0.29, 0.717) is 25.7 Å². The summed E-state index contributed by atoms with van der Waals surface area (Å²) in [7, 11) is 0. The second-order valence-electron chi connectivity index (χ2n) is 7.78. The summed E-state index contributed by atoms with van der Waals surface area (Å²) in [6.45, 7) is 6.36. The van der Waals surface area contributed by atoms with Crippen LogP contribution in [0.25, 0.3) is 10.9 Å². The van der Waals surface area contributed by atoms with Crippen LogP contribution in [0.2, 0.25) is 0 Å². The number of H-pyrrole nitrogens is 1. The Balaban J connectivity index is 1.31. The lowest BCUT2D eigenvalue weighted by molar-refractivity contribution is -0.136. The first kappa shape index (κ1) is 18.0. The molecule has 6 nitrogen and oxygen atoms in total. The third-order valence-corrected chi connectivity index (χ3v) is 5.94. The highest BCUT2D eigenvalue weighted by Crippen LogP contribution is 2.18. The van der Waals surface area contributed by atoms with Crippen molar-refractivity contribution in [2.24, 2.45) is 0 Å². The standard InChI is InChI=1S/C21H28N4O2/c1-16-4-2-3-9-25(16)20(26)15-23-10-12-24(13-11-23)21(27)18-6-5-17-7-8-22-19(17)14-18/h5-8,14,16,22H,2-4,9-13,15H2,1H3/t16-/m1/s1. The average Bonchev–Trinajstić information content (AvgIpc) is 3.16. The number of piperazine rings is 1. The molecule has 1 aromatic heterocycles. The van der Waals surface area contributed by atoms with E-state index in [-0.39, 0.29) is 11.8 Å². The van der Waals surface area contributed by atoms with Crippen molar-refractivity contribution in [3.05, 3.63) is 36.0 Å². The molecule has 0 spiro atoms. The van der Waals surface area contributed by atoms with Crippen LogP contribution in [0.1, 0.15) is 36.5 Å². The van der Waals surface area contributed by atoms with E-state index in [9.17, 15) is 9.59 Å². The number of hydrogen-bond acceptors (Lipinski definition) is 3. The highest BCUT2D eigenvalue weighted by Gasteiger charge is 2.27. The van der Waals surface area contributed by atoms with Crippen molar-refractivity contribution in [2.75, 3.05) is 39.3 Å². The molecule has 0 bridgehead atoms. The maximum atomic E-state index is 12.8. The van der Waals surface area contributed by atoms with Crippen molar-refractivity contribution < 1.29 is 9.59 Å². The van der Waals surface area contributed by atoms with Crippen molar-refractivity contribution in [3.63, 3.8) is 0 Å². The average molecular weight is 368 g/mol. The van der Waals surface area contributed by atoms with E-state index in [0.717, 1.165) is 48.9 Å². The highest BCUT2D eigenvalue weighted by molar-refractivity contribution is 5.98. The van der Waals surface area contributed by atoms with Crippen LogP contribution in [0.4, 0.5) is 0 Å². The van der Waals surface area contributed by atoms with Crippen LogP contribution in [0.3, 0.4) is 0 Å². The SMILES string of the molecule is C[C@@H]1CCCCN1C(=O)CN1CCN(C(=O)c2ccc3cc[nH]c3c2)CC1. The maximum absolute atomic E-state index is 12.8. The van der Waals surface area contributed by atoms with Crippen LogP contribution >= 0.6 is 0 Å². The molecule has 0 unspecified atom stereocenters. The number of carbonyl (C=O) groups is 2. The Hall–Kier alpha value is -2.34. The second-order valence-corrected chi connectivity index (χ2v) is 7.78. The number of hydrogen-bond donors (Lipinski definition) is 1. The Morgan fingerprint density at radius 1 is 1.07 bits per heavy atom. The molecular formula is C21H28N4O2. The summed E-state index contributed by atoms with van der Waals surface area (Å²) in [5.41, 5.74) is 1.71. The lowest BCUT2D eigenvalue weighted by Crippen LogP contribution is -2.53. The molecule has 27 heavy (non-hydrogen) atoms. The normalized spacial score (nSPS) is 21.6. The van der Waals surface area contributed by atoms with Gasteiger partial charge in [0.25, 0.3) is 5.91 Å². The molecule has 6 heteroatoms. The molecule has 0 aliphatic carbocycles. The zero-order valence-electron chi connectivity index (χ0n) is 16.0. The van der Waals surface area contributed by atoms with Gasteiger partial charge in [0.2, 0.25) is 5.91 Å². The van der Waals surface area contributed by atoms with Gasteiger partial charge in [0.15, 0.2) is 0 Å². The van der Waals surface area contributed by atoms with Crippen LogP contribution in [0.15, 0.2) is 30.5 Å². The van der Waals surface area contributed by atoms with Crippen LogP contribution in [-0.2, 0) is 4.79 Å². The van der Waals surface area contributed by atoms with E-state index in [4.69, 9.17) is 0 Å². The summed E-state index contributed by atoms with van der Waals surface area (Å²) in [5, 5.41) is 1.11. The van der Waals surface area contributed by atoms with Gasteiger partial charge in [-0.15, -0.1) is 0 Å². The Labute approximate surface area is 160 Å². The number of amides is 2. The Bertz CT molecular complexity index is 822. The molecule has 1 aromatic carbocycles. The minimum Gasteiger partial charge on any atom is -0.361 e. The molecule has 2 aliphatic rings. The summed E-state index contributed by atoms with van der Waals surface area (Å²) in [5.74, 6) is 0.307. The molecule has 2 saturated heterocycles. The lowest BCUT2D eigenvalue weighted by Gasteiger charge is -2.38. The number of piperidine rings is 1. The van der Waals surface area contributed by atoms with Crippen molar-refractivity contribution in [3.8, 4) is 0 Å². The first-order chi connectivity index (χ1) is 13.1. The first-order valence-electron chi connectivity index (χ1n) is 10.00. The lowest BCUT2D eigenvalue weighted by atomic mass is 10.0. The van der Waals surface area contributed by atoms with Gasteiger partial charge in [0, 0.05) is 56.0 Å². The largest absolute Gasteiger partial charge is 0.361 e. The van der Waals surface area contributed by atoms with Crippen LogP contribution in [0, 0.1) is 0 Å². The smallest absolute Gasteiger partial charge is 0.254 e. The van der Waals surface area contributed by atoms with Gasteiger partial charge in [-0.2, -0.15) is 0 Å². The zero-order chi connectivity index (χ0) is 18.8. The molecule has 3 heterocycles. The molecule has 2 fully saturated rings. The molecule has 2 aliphatic heterocycles. The predicted molar refractivity (Wildman–Crippen MR) is 106 cm³/mol. The summed E-state index contributed by atoms with van der Waals surface area (Å²) < 4.78 is 0. The second kappa shape index (κ2) is 7.72. The summed E-state index contributed by atoms with van der Waals surface area (Å²) in [6.07, 6.45) is 5.33. The third kappa shape index (κ3) is 3.86.